The quantitative estimate of drug-likeness (QED) is 0.389. The maximum absolute atomic E-state index is 13.5. The van der Waals surface area contributed by atoms with E-state index < -0.39 is 0 Å². The lowest BCUT2D eigenvalue weighted by atomic mass is 9.96. The molecule has 1 aromatic rings. The number of hydrogen-bond acceptors (Lipinski definition) is 5. The maximum atomic E-state index is 13.5. The van der Waals surface area contributed by atoms with Gasteiger partial charge in [-0.2, -0.15) is 0 Å². The molecule has 2 fully saturated rings. The first-order valence-corrected chi connectivity index (χ1v) is 15.5. The SMILES string of the molecule is C[C@H]1CN([C@@H](C)CO)C(=O)Cc2cc(NC(=O)NC3CCCCC3)ccc2O[C@@H]1CN(C)C(=O)NC1CCCCC1. The summed E-state index contributed by atoms with van der Waals surface area (Å²) in [5.41, 5.74) is 1.25. The number of urea groups is 2. The highest BCUT2D eigenvalue weighted by atomic mass is 16.5. The Labute approximate surface area is 244 Å². The molecule has 0 saturated heterocycles. The fraction of sp³-hybridized carbons (Fsp3) is 0.710. The maximum Gasteiger partial charge on any atom is 0.319 e. The molecule has 2 saturated carbocycles. The third-order valence-corrected chi connectivity index (χ3v) is 8.85. The van der Waals surface area contributed by atoms with Crippen molar-refractivity contribution in [3.8, 4) is 5.75 Å². The van der Waals surface area contributed by atoms with Gasteiger partial charge in [0.05, 0.1) is 25.6 Å². The monoisotopic (exact) mass is 571 g/mol. The van der Waals surface area contributed by atoms with E-state index in [1.807, 2.05) is 13.8 Å². The Morgan fingerprint density at radius 1 is 1.05 bits per heavy atom. The van der Waals surface area contributed by atoms with Crippen molar-refractivity contribution in [2.75, 3.05) is 32.1 Å². The number of anilines is 1. The van der Waals surface area contributed by atoms with Gasteiger partial charge in [-0.05, 0) is 50.8 Å². The number of hydrogen-bond donors (Lipinski definition) is 4. The molecular weight excluding hydrogens is 522 g/mol. The summed E-state index contributed by atoms with van der Waals surface area (Å²) in [5.74, 6) is 0.340. The number of aliphatic hydroxyl groups excluding tert-OH is 1. The molecule has 1 aromatic carbocycles. The van der Waals surface area contributed by atoms with Crippen molar-refractivity contribution in [1.82, 2.24) is 20.4 Å². The summed E-state index contributed by atoms with van der Waals surface area (Å²) in [6.07, 6.45) is 10.7. The molecule has 228 valence electrons. The van der Waals surface area contributed by atoms with Crippen LogP contribution in [0.5, 0.6) is 5.75 Å². The van der Waals surface area contributed by atoms with Crippen LogP contribution in [0.15, 0.2) is 18.2 Å². The van der Waals surface area contributed by atoms with Gasteiger partial charge >= 0.3 is 12.1 Å². The number of carbonyl (C=O) groups excluding carboxylic acids is 3. The van der Waals surface area contributed by atoms with Gasteiger partial charge in [0, 0.05) is 42.8 Å². The molecule has 0 unspecified atom stereocenters. The summed E-state index contributed by atoms with van der Waals surface area (Å²) in [6.45, 7) is 4.43. The van der Waals surface area contributed by atoms with Crippen LogP contribution in [0.2, 0.25) is 0 Å². The Morgan fingerprint density at radius 2 is 1.68 bits per heavy atom. The normalized spacial score (nSPS) is 23.2. The second-order valence-electron chi connectivity index (χ2n) is 12.3. The second-order valence-corrected chi connectivity index (χ2v) is 12.3. The lowest BCUT2D eigenvalue weighted by Gasteiger charge is -2.34. The number of ether oxygens (including phenoxy) is 1. The zero-order chi connectivity index (χ0) is 29.4. The summed E-state index contributed by atoms with van der Waals surface area (Å²) in [4.78, 5) is 42.6. The zero-order valence-corrected chi connectivity index (χ0v) is 25.0. The fourth-order valence-electron chi connectivity index (χ4n) is 6.21. The Hall–Kier alpha value is -3.01. The van der Waals surface area contributed by atoms with Crippen LogP contribution in [0.4, 0.5) is 15.3 Å². The average molecular weight is 572 g/mol. The first kappa shape index (κ1) is 30.9. The standard InChI is InChI=1S/C31H49N5O5/c1-21-18-36(22(2)20-37)29(38)17-23-16-26(33-30(39)32-24-10-6-4-7-11-24)14-15-27(23)41-28(21)19-35(3)31(40)34-25-12-8-5-9-13-25/h14-16,21-22,24-25,28,37H,4-13,17-20H2,1-3H3,(H,34,40)(H2,32,33,39)/t21-,22-,28+/m0/s1. The van der Waals surface area contributed by atoms with Crippen LogP contribution in [0, 0.1) is 5.92 Å². The summed E-state index contributed by atoms with van der Waals surface area (Å²) in [5, 5.41) is 19.1. The number of benzene rings is 1. The Kier molecular flexibility index (Phi) is 11.1. The van der Waals surface area contributed by atoms with Gasteiger partial charge in [-0.25, -0.2) is 9.59 Å². The van der Waals surface area contributed by atoms with Gasteiger partial charge in [-0.1, -0.05) is 45.4 Å². The van der Waals surface area contributed by atoms with Crippen LogP contribution < -0.4 is 20.7 Å². The molecule has 10 heteroatoms. The van der Waals surface area contributed by atoms with Gasteiger partial charge < -0.3 is 35.6 Å². The second kappa shape index (κ2) is 14.8. The molecule has 1 aliphatic heterocycles. The van der Waals surface area contributed by atoms with Gasteiger partial charge in [-0.3, -0.25) is 4.79 Å². The summed E-state index contributed by atoms with van der Waals surface area (Å²) in [7, 11) is 1.78. The van der Waals surface area contributed by atoms with E-state index >= 15 is 0 Å². The van der Waals surface area contributed by atoms with Gasteiger partial charge in [0.25, 0.3) is 0 Å². The largest absolute Gasteiger partial charge is 0.488 e. The highest BCUT2D eigenvalue weighted by Crippen LogP contribution is 2.29. The van der Waals surface area contributed by atoms with Crippen molar-refractivity contribution in [1.29, 1.82) is 0 Å². The average Bonchev–Trinajstić information content (AvgIpc) is 3.01. The van der Waals surface area contributed by atoms with Gasteiger partial charge in [0.15, 0.2) is 0 Å². The van der Waals surface area contributed by atoms with Gasteiger partial charge in [0.2, 0.25) is 5.91 Å². The minimum absolute atomic E-state index is 0.0802. The predicted molar refractivity (Wildman–Crippen MR) is 159 cm³/mol. The number of aliphatic hydroxyl groups is 1. The Balaban J connectivity index is 1.50. The molecule has 3 atom stereocenters. The molecule has 0 radical (unpaired) electrons. The van der Waals surface area contributed by atoms with E-state index in [9.17, 15) is 19.5 Å². The minimum atomic E-state index is -0.386. The van der Waals surface area contributed by atoms with Crippen LogP contribution in [-0.4, -0.2) is 83.8 Å². The molecule has 4 N–H and O–H groups in total. The number of likely N-dealkylation sites (N-methyl/N-ethyl adjacent to an activating group) is 1. The molecule has 2 aliphatic carbocycles. The van der Waals surface area contributed by atoms with Gasteiger partial charge in [-0.15, -0.1) is 0 Å². The van der Waals surface area contributed by atoms with E-state index in [2.05, 4.69) is 16.0 Å². The first-order chi connectivity index (χ1) is 19.7. The third kappa shape index (κ3) is 8.74. The van der Waals surface area contributed by atoms with E-state index in [4.69, 9.17) is 4.74 Å². The van der Waals surface area contributed by atoms with Crippen LogP contribution in [-0.2, 0) is 11.2 Å². The number of carbonyl (C=O) groups is 3. The van der Waals surface area contributed by atoms with Crippen molar-refractivity contribution in [2.45, 2.75) is 109 Å². The van der Waals surface area contributed by atoms with E-state index in [0.29, 0.717) is 30.1 Å². The van der Waals surface area contributed by atoms with Crippen LogP contribution in [0.1, 0.15) is 83.6 Å². The molecule has 10 nitrogen and oxygen atoms in total. The van der Waals surface area contributed by atoms with E-state index in [1.54, 1.807) is 35.0 Å². The molecule has 0 bridgehead atoms. The highest BCUT2D eigenvalue weighted by Gasteiger charge is 2.32. The number of fused-ring (bicyclic) bond motifs is 1. The van der Waals surface area contributed by atoms with E-state index in [0.717, 1.165) is 51.4 Å². The first-order valence-electron chi connectivity index (χ1n) is 15.5. The van der Waals surface area contributed by atoms with Crippen molar-refractivity contribution in [3.63, 3.8) is 0 Å². The number of nitrogens with one attached hydrogen (secondary N) is 3. The van der Waals surface area contributed by atoms with Crippen molar-refractivity contribution >= 4 is 23.7 Å². The van der Waals surface area contributed by atoms with Crippen LogP contribution in [0.3, 0.4) is 0 Å². The summed E-state index contributed by atoms with van der Waals surface area (Å²) in [6, 6.07) is 5.04. The van der Waals surface area contributed by atoms with E-state index in [-0.39, 0.29) is 61.1 Å². The van der Waals surface area contributed by atoms with E-state index in [1.165, 1.54) is 12.8 Å². The molecule has 0 aromatic heterocycles. The van der Waals surface area contributed by atoms with Crippen LogP contribution in [0.25, 0.3) is 0 Å². The lowest BCUT2D eigenvalue weighted by Crippen LogP contribution is -2.50. The zero-order valence-electron chi connectivity index (χ0n) is 25.0. The highest BCUT2D eigenvalue weighted by molar-refractivity contribution is 5.90. The predicted octanol–water partition coefficient (Wildman–Crippen LogP) is 4.26. The Bertz CT molecular complexity index is 1040. The molecule has 1 heterocycles. The molecular formula is C31H49N5O5. The summed E-state index contributed by atoms with van der Waals surface area (Å²) < 4.78 is 6.54. The van der Waals surface area contributed by atoms with Crippen LogP contribution >= 0.6 is 0 Å². The minimum Gasteiger partial charge on any atom is -0.488 e. The topological polar surface area (TPSA) is 123 Å². The smallest absolute Gasteiger partial charge is 0.319 e. The summed E-state index contributed by atoms with van der Waals surface area (Å²) >= 11 is 0. The lowest BCUT2D eigenvalue weighted by molar-refractivity contribution is -0.134. The molecule has 3 aliphatic rings. The molecule has 5 amide bonds. The third-order valence-electron chi connectivity index (χ3n) is 8.85. The fourth-order valence-corrected chi connectivity index (χ4v) is 6.21. The Morgan fingerprint density at radius 3 is 2.32 bits per heavy atom. The number of nitrogens with zero attached hydrogens (tertiary/aromatic N) is 2. The molecule has 4 rings (SSSR count). The van der Waals surface area contributed by atoms with Crippen molar-refractivity contribution in [3.05, 3.63) is 23.8 Å². The van der Waals surface area contributed by atoms with Crippen molar-refractivity contribution < 1.29 is 24.2 Å². The molecule has 0 spiro atoms. The van der Waals surface area contributed by atoms with Crippen molar-refractivity contribution in [2.24, 2.45) is 5.92 Å². The number of rotatable bonds is 7. The molecule has 41 heavy (non-hydrogen) atoms. The van der Waals surface area contributed by atoms with Gasteiger partial charge in [0.1, 0.15) is 11.9 Å². The number of amides is 5.